The molecule has 0 radical (unpaired) electrons. The molecule has 17 heavy (non-hydrogen) atoms. The van der Waals surface area contributed by atoms with Crippen molar-refractivity contribution in [1.82, 2.24) is 5.32 Å². The van der Waals surface area contributed by atoms with Crippen LogP contribution in [0.2, 0.25) is 0 Å². The van der Waals surface area contributed by atoms with Gasteiger partial charge in [0.1, 0.15) is 12.4 Å². The van der Waals surface area contributed by atoms with Gasteiger partial charge in [-0.25, -0.2) is 0 Å². The van der Waals surface area contributed by atoms with Crippen molar-refractivity contribution in [3.8, 4) is 5.75 Å². The first kappa shape index (κ1) is 14.0. The fourth-order valence-electron chi connectivity index (χ4n) is 1.62. The fraction of sp³-hybridized carbons (Fsp3) is 0.571. The van der Waals surface area contributed by atoms with E-state index in [4.69, 9.17) is 9.47 Å². The van der Waals surface area contributed by atoms with Crippen LogP contribution in [0.4, 0.5) is 0 Å². The van der Waals surface area contributed by atoms with Crippen molar-refractivity contribution >= 4 is 0 Å². The lowest BCUT2D eigenvalue weighted by molar-refractivity contribution is -0.0426. The molecule has 0 saturated carbocycles. The molecule has 3 nitrogen and oxygen atoms in total. The van der Waals surface area contributed by atoms with Gasteiger partial charge in [-0.1, -0.05) is 25.1 Å². The number of para-hydroxylation sites is 1. The van der Waals surface area contributed by atoms with Gasteiger partial charge in [0.25, 0.3) is 0 Å². The molecule has 1 N–H and O–H groups in total. The maximum absolute atomic E-state index is 5.85. The number of likely N-dealkylation sites (N-methyl/N-ethyl adjacent to an activating group) is 1. The molecule has 1 aromatic carbocycles. The predicted molar refractivity (Wildman–Crippen MR) is 70.5 cm³/mol. The van der Waals surface area contributed by atoms with Gasteiger partial charge < -0.3 is 14.8 Å². The Hall–Kier alpha value is -1.06. The van der Waals surface area contributed by atoms with Crippen molar-refractivity contribution in [2.75, 3.05) is 26.8 Å². The SMILES string of the molecule is CCC(C)(CNC)OCCOc1ccccc1. The number of benzene rings is 1. The summed E-state index contributed by atoms with van der Waals surface area (Å²) in [6, 6.07) is 9.81. The van der Waals surface area contributed by atoms with E-state index in [9.17, 15) is 0 Å². The van der Waals surface area contributed by atoms with Gasteiger partial charge in [-0.3, -0.25) is 0 Å². The van der Waals surface area contributed by atoms with Gasteiger partial charge in [-0.2, -0.15) is 0 Å². The summed E-state index contributed by atoms with van der Waals surface area (Å²) in [6.45, 7) is 6.31. The van der Waals surface area contributed by atoms with E-state index in [1.165, 1.54) is 0 Å². The Morgan fingerprint density at radius 2 is 1.88 bits per heavy atom. The summed E-state index contributed by atoms with van der Waals surface area (Å²) in [7, 11) is 1.94. The molecule has 1 atom stereocenters. The monoisotopic (exact) mass is 237 g/mol. The molecule has 96 valence electrons. The Bertz CT molecular complexity index is 302. The second-order valence-corrected chi connectivity index (χ2v) is 4.34. The molecule has 0 amide bonds. The Morgan fingerprint density at radius 1 is 1.18 bits per heavy atom. The number of hydrogen-bond donors (Lipinski definition) is 1. The first-order chi connectivity index (χ1) is 8.20. The molecule has 0 aliphatic carbocycles. The van der Waals surface area contributed by atoms with Gasteiger partial charge in [0.2, 0.25) is 0 Å². The largest absolute Gasteiger partial charge is 0.491 e. The Balaban J connectivity index is 2.23. The molecule has 0 aliphatic heterocycles. The molecule has 1 aromatic rings. The number of ether oxygens (including phenoxy) is 2. The standard InChI is InChI=1S/C14H23NO2/c1-4-14(2,12-15-3)17-11-10-16-13-8-6-5-7-9-13/h5-9,15H,4,10-12H2,1-3H3. The highest BCUT2D eigenvalue weighted by molar-refractivity contribution is 5.20. The first-order valence-electron chi connectivity index (χ1n) is 6.16. The van der Waals surface area contributed by atoms with E-state index in [-0.39, 0.29) is 5.60 Å². The molecular weight excluding hydrogens is 214 g/mol. The molecule has 0 aromatic heterocycles. The van der Waals surface area contributed by atoms with Gasteiger partial charge in [-0.15, -0.1) is 0 Å². The average Bonchev–Trinajstić information content (AvgIpc) is 2.36. The van der Waals surface area contributed by atoms with E-state index in [0.29, 0.717) is 13.2 Å². The van der Waals surface area contributed by atoms with Crippen LogP contribution < -0.4 is 10.1 Å². The highest BCUT2D eigenvalue weighted by atomic mass is 16.5. The van der Waals surface area contributed by atoms with Crippen molar-refractivity contribution in [2.24, 2.45) is 0 Å². The van der Waals surface area contributed by atoms with Crippen molar-refractivity contribution in [2.45, 2.75) is 25.9 Å². The lowest BCUT2D eigenvalue weighted by atomic mass is 10.0. The van der Waals surface area contributed by atoms with Crippen LogP contribution >= 0.6 is 0 Å². The van der Waals surface area contributed by atoms with E-state index in [2.05, 4.69) is 19.2 Å². The lowest BCUT2D eigenvalue weighted by Crippen LogP contribution is -2.39. The van der Waals surface area contributed by atoms with Crippen LogP contribution in [0.25, 0.3) is 0 Å². The van der Waals surface area contributed by atoms with Crippen LogP contribution in [0.1, 0.15) is 20.3 Å². The minimum Gasteiger partial charge on any atom is -0.491 e. The molecular formula is C14H23NO2. The van der Waals surface area contributed by atoms with Gasteiger partial charge in [-0.05, 0) is 32.5 Å². The average molecular weight is 237 g/mol. The van der Waals surface area contributed by atoms with Crippen LogP contribution in [-0.4, -0.2) is 32.4 Å². The van der Waals surface area contributed by atoms with Crippen LogP contribution in [0.3, 0.4) is 0 Å². The molecule has 1 unspecified atom stereocenters. The van der Waals surface area contributed by atoms with Crippen molar-refractivity contribution in [3.05, 3.63) is 30.3 Å². The maximum Gasteiger partial charge on any atom is 0.119 e. The Kier molecular flexibility index (Phi) is 6.01. The molecule has 1 rings (SSSR count). The zero-order valence-corrected chi connectivity index (χ0v) is 11.0. The molecule has 0 bridgehead atoms. The van der Waals surface area contributed by atoms with Gasteiger partial charge >= 0.3 is 0 Å². The quantitative estimate of drug-likeness (QED) is 0.705. The van der Waals surface area contributed by atoms with Gasteiger partial charge in [0.15, 0.2) is 0 Å². The smallest absolute Gasteiger partial charge is 0.119 e. The third-order valence-electron chi connectivity index (χ3n) is 2.84. The third kappa shape index (κ3) is 5.20. The van der Waals surface area contributed by atoms with Gasteiger partial charge in [0, 0.05) is 6.54 Å². The first-order valence-corrected chi connectivity index (χ1v) is 6.16. The summed E-state index contributed by atoms with van der Waals surface area (Å²) in [5.41, 5.74) is -0.102. The summed E-state index contributed by atoms with van der Waals surface area (Å²) in [6.07, 6.45) is 0.985. The maximum atomic E-state index is 5.85. The fourth-order valence-corrected chi connectivity index (χ4v) is 1.62. The summed E-state index contributed by atoms with van der Waals surface area (Å²) >= 11 is 0. The second kappa shape index (κ2) is 7.30. The molecule has 0 saturated heterocycles. The predicted octanol–water partition coefficient (Wildman–Crippen LogP) is 2.47. The Labute approximate surface area is 104 Å². The van der Waals surface area contributed by atoms with Crippen molar-refractivity contribution < 1.29 is 9.47 Å². The number of rotatable bonds is 8. The number of hydrogen-bond acceptors (Lipinski definition) is 3. The highest BCUT2D eigenvalue weighted by Crippen LogP contribution is 2.14. The van der Waals surface area contributed by atoms with E-state index in [1.807, 2.05) is 37.4 Å². The van der Waals surface area contributed by atoms with Gasteiger partial charge in [0.05, 0.1) is 12.2 Å². The minimum absolute atomic E-state index is 0.102. The van der Waals surface area contributed by atoms with Crippen LogP contribution in [0, 0.1) is 0 Å². The summed E-state index contributed by atoms with van der Waals surface area (Å²) in [4.78, 5) is 0. The van der Waals surface area contributed by atoms with E-state index >= 15 is 0 Å². The third-order valence-corrected chi connectivity index (χ3v) is 2.84. The highest BCUT2D eigenvalue weighted by Gasteiger charge is 2.21. The summed E-state index contributed by atoms with van der Waals surface area (Å²) in [5.74, 6) is 0.892. The molecule has 3 heteroatoms. The topological polar surface area (TPSA) is 30.5 Å². The lowest BCUT2D eigenvalue weighted by Gasteiger charge is -2.28. The van der Waals surface area contributed by atoms with Crippen molar-refractivity contribution in [3.63, 3.8) is 0 Å². The van der Waals surface area contributed by atoms with Crippen LogP contribution in [0.5, 0.6) is 5.75 Å². The van der Waals surface area contributed by atoms with E-state index < -0.39 is 0 Å². The summed E-state index contributed by atoms with van der Waals surface area (Å²) < 4.78 is 11.4. The molecule has 0 spiro atoms. The Morgan fingerprint density at radius 3 is 2.47 bits per heavy atom. The van der Waals surface area contributed by atoms with Crippen molar-refractivity contribution in [1.29, 1.82) is 0 Å². The molecule has 0 fully saturated rings. The normalized spacial score (nSPS) is 14.3. The van der Waals surface area contributed by atoms with E-state index in [1.54, 1.807) is 0 Å². The summed E-state index contributed by atoms with van der Waals surface area (Å²) in [5, 5.41) is 3.15. The second-order valence-electron chi connectivity index (χ2n) is 4.34. The number of nitrogens with one attached hydrogen (secondary N) is 1. The minimum atomic E-state index is -0.102. The van der Waals surface area contributed by atoms with Crippen LogP contribution in [0.15, 0.2) is 30.3 Å². The zero-order chi connectivity index (χ0) is 12.6. The zero-order valence-electron chi connectivity index (χ0n) is 11.0. The molecule has 0 heterocycles. The van der Waals surface area contributed by atoms with Crippen LogP contribution in [-0.2, 0) is 4.74 Å². The molecule has 0 aliphatic rings. The van der Waals surface area contributed by atoms with E-state index in [0.717, 1.165) is 18.7 Å².